The standard InChI is InChI=1S/C13H26N2O3/c1-10(12(18)15-13(2,3)4)14-9-7-5-6-8-11(16)17/h10,14H,5-9H2,1-4H3,(H,15,18)(H,16,17). The van der Waals surface area contributed by atoms with E-state index in [2.05, 4.69) is 10.6 Å². The number of nitrogens with one attached hydrogen (secondary N) is 2. The summed E-state index contributed by atoms with van der Waals surface area (Å²) >= 11 is 0. The number of unbranched alkanes of at least 4 members (excludes halogenated alkanes) is 2. The van der Waals surface area contributed by atoms with Crippen LogP contribution in [0.15, 0.2) is 0 Å². The molecule has 5 heteroatoms. The minimum Gasteiger partial charge on any atom is -0.481 e. The van der Waals surface area contributed by atoms with Gasteiger partial charge < -0.3 is 15.7 Å². The van der Waals surface area contributed by atoms with Gasteiger partial charge in [-0.25, -0.2) is 0 Å². The van der Waals surface area contributed by atoms with E-state index in [0.29, 0.717) is 6.42 Å². The molecular formula is C13H26N2O3. The van der Waals surface area contributed by atoms with E-state index in [1.807, 2.05) is 27.7 Å². The van der Waals surface area contributed by atoms with Crippen LogP contribution in [0.1, 0.15) is 53.4 Å². The lowest BCUT2D eigenvalue weighted by Crippen LogP contribution is -2.49. The van der Waals surface area contributed by atoms with Crippen LogP contribution in [-0.2, 0) is 9.59 Å². The molecule has 0 spiro atoms. The van der Waals surface area contributed by atoms with Crippen LogP contribution in [-0.4, -0.2) is 35.1 Å². The first-order valence-corrected chi connectivity index (χ1v) is 6.49. The molecule has 0 aromatic heterocycles. The van der Waals surface area contributed by atoms with Gasteiger partial charge in [-0.1, -0.05) is 6.42 Å². The molecule has 0 heterocycles. The second-order valence-electron chi connectivity index (χ2n) is 5.62. The fourth-order valence-corrected chi connectivity index (χ4v) is 1.47. The molecule has 0 saturated carbocycles. The molecule has 0 aliphatic rings. The lowest BCUT2D eigenvalue weighted by molar-refractivity contribution is -0.137. The summed E-state index contributed by atoms with van der Waals surface area (Å²) in [4.78, 5) is 22.0. The highest BCUT2D eigenvalue weighted by molar-refractivity contribution is 5.81. The van der Waals surface area contributed by atoms with Crippen molar-refractivity contribution < 1.29 is 14.7 Å². The molecule has 0 aromatic carbocycles. The van der Waals surface area contributed by atoms with Crippen LogP contribution < -0.4 is 10.6 Å². The maximum atomic E-state index is 11.7. The molecule has 0 aromatic rings. The minimum absolute atomic E-state index is 0.00645. The Labute approximate surface area is 109 Å². The van der Waals surface area contributed by atoms with E-state index in [1.54, 1.807) is 0 Å². The van der Waals surface area contributed by atoms with Gasteiger partial charge in [-0.2, -0.15) is 0 Å². The van der Waals surface area contributed by atoms with Crippen molar-refractivity contribution in [2.45, 2.75) is 65.0 Å². The fourth-order valence-electron chi connectivity index (χ4n) is 1.47. The average molecular weight is 258 g/mol. The topological polar surface area (TPSA) is 78.4 Å². The molecule has 5 nitrogen and oxygen atoms in total. The summed E-state index contributed by atoms with van der Waals surface area (Å²) in [6.45, 7) is 8.41. The van der Waals surface area contributed by atoms with E-state index >= 15 is 0 Å². The van der Waals surface area contributed by atoms with Gasteiger partial charge in [-0.05, 0) is 47.1 Å². The van der Waals surface area contributed by atoms with Crippen molar-refractivity contribution in [3.8, 4) is 0 Å². The molecule has 0 saturated heterocycles. The Morgan fingerprint density at radius 2 is 1.78 bits per heavy atom. The van der Waals surface area contributed by atoms with E-state index in [0.717, 1.165) is 19.4 Å². The number of carbonyl (C=O) groups excluding carboxylic acids is 1. The molecule has 1 atom stereocenters. The van der Waals surface area contributed by atoms with Gasteiger partial charge in [0.1, 0.15) is 0 Å². The molecule has 0 fully saturated rings. The van der Waals surface area contributed by atoms with E-state index < -0.39 is 5.97 Å². The predicted octanol–water partition coefficient (Wildman–Crippen LogP) is 1.52. The van der Waals surface area contributed by atoms with Gasteiger partial charge in [0.2, 0.25) is 5.91 Å². The van der Waals surface area contributed by atoms with Gasteiger partial charge in [0.25, 0.3) is 0 Å². The SMILES string of the molecule is CC(NCCCCCC(=O)O)C(=O)NC(C)(C)C. The third-order valence-corrected chi connectivity index (χ3v) is 2.41. The summed E-state index contributed by atoms with van der Waals surface area (Å²) in [5.74, 6) is -0.756. The summed E-state index contributed by atoms with van der Waals surface area (Å²) < 4.78 is 0. The molecule has 0 bridgehead atoms. The summed E-state index contributed by atoms with van der Waals surface area (Å²) in [7, 11) is 0. The lowest BCUT2D eigenvalue weighted by Gasteiger charge is -2.23. The van der Waals surface area contributed by atoms with Crippen LogP contribution in [0.2, 0.25) is 0 Å². The van der Waals surface area contributed by atoms with Crippen LogP contribution >= 0.6 is 0 Å². The number of carboxylic acids is 1. The zero-order chi connectivity index (χ0) is 14.2. The van der Waals surface area contributed by atoms with Gasteiger partial charge in [0.15, 0.2) is 0 Å². The van der Waals surface area contributed by atoms with Crippen molar-refractivity contribution in [1.29, 1.82) is 0 Å². The normalized spacial score (nSPS) is 13.1. The second-order valence-corrected chi connectivity index (χ2v) is 5.62. The van der Waals surface area contributed by atoms with Crippen LogP contribution in [0.4, 0.5) is 0 Å². The summed E-state index contributed by atoms with van der Waals surface area (Å²) in [6.07, 6.45) is 2.67. The number of hydrogen-bond donors (Lipinski definition) is 3. The fraction of sp³-hybridized carbons (Fsp3) is 0.846. The first-order valence-electron chi connectivity index (χ1n) is 6.49. The highest BCUT2D eigenvalue weighted by atomic mass is 16.4. The molecular weight excluding hydrogens is 232 g/mol. The zero-order valence-corrected chi connectivity index (χ0v) is 11.9. The maximum absolute atomic E-state index is 11.7. The van der Waals surface area contributed by atoms with Crippen LogP contribution in [0.3, 0.4) is 0 Å². The molecule has 0 aliphatic carbocycles. The Hall–Kier alpha value is -1.10. The molecule has 3 N–H and O–H groups in total. The van der Waals surface area contributed by atoms with Gasteiger partial charge in [-0.3, -0.25) is 9.59 Å². The number of amides is 1. The maximum Gasteiger partial charge on any atom is 0.303 e. The van der Waals surface area contributed by atoms with Crippen LogP contribution in [0.25, 0.3) is 0 Å². The first kappa shape index (κ1) is 16.9. The highest BCUT2D eigenvalue weighted by Gasteiger charge is 2.18. The van der Waals surface area contributed by atoms with Gasteiger partial charge in [0.05, 0.1) is 6.04 Å². The van der Waals surface area contributed by atoms with E-state index in [4.69, 9.17) is 5.11 Å². The van der Waals surface area contributed by atoms with Crippen molar-refractivity contribution in [3.05, 3.63) is 0 Å². The van der Waals surface area contributed by atoms with Crippen molar-refractivity contribution in [2.75, 3.05) is 6.54 Å². The molecule has 106 valence electrons. The lowest BCUT2D eigenvalue weighted by atomic mass is 10.1. The Morgan fingerprint density at radius 3 is 2.28 bits per heavy atom. The number of hydrogen-bond acceptors (Lipinski definition) is 3. The van der Waals surface area contributed by atoms with Gasteiger partial charge in [-0.15, -0.1) is 0 Å². The van der Waals surface area contributed by atoms with Gasteiger partial charge in [0, 0.05) is 12.0 Å². The number of rotatable bonds is 8. The zero-order valence-electron chi connectivity index (χ0n) is 11.9. The third kappa shape index (κ3) is 10.1. The van der Waals surface area contributed by atoms with Crippen molar-refractivity contribution >= 4 is 11.9 Å². The van der Waals surface area contributed by atoms with E-state index in [1.165, 1.54) is 0 Å². The molecule has 0 rings (SSSR count). The smallest absolute Gasteiger partial charge is 0.303 e. The van der Waals surface area contributed by atoms with Crippen molar-refractivity contribution in [2.24, 2.45) is 0 Å². The second kappa shape index (κ2) is 8.08. The summed E-state index contributed by atoms with van der Waals surface area (Å²) in [5, 5.41) is 14.5. The Balaban J connectivity index is 3.61. The first-order chi connectivity index (χ1) is 8.22. The van der Waals surface area contributed by atoms with Crippen LogP contribution in [0.5, 0.6) is 0 Å². The monoisotopic (exact) mass is 258 g/mol. The number of carbonyl (C=O) groups is 2. The van der Waals surface area contributed by atoms with Crippen molar-refractivity contribution in [1.82, 2.24) is 10.6 Å². The average Bonchev–Trinajstić information content (AvgIpc) is 2.19. The third-order valence-electron chi connectivity index (χ3n) is 2.41. The van der Waals surface area contributed by atoms with E-state index in [9.17, 15) is 9.59 Å². The quantitative estimate of drug-likeness (QED) is 0.577. The van der Waals surface area contributed by atoms with Gasteiger partial charge >= 0.3 is 5.97 Å². The molecule has 1 unspecified atom stereocenters. The van der Waals surface area contributed by atoms with E-state index in [-0.39, 0.29) is 23.9 Å². The summed E-state index contributed by atoms with van der Waals surface area (Å²) in [6, 6.07) is -0.219. The molecule has 18 heavy (non-hydrogen) atoms. The molecule has 0 radical (unpaired) electrons. The van der Waals surface area contributed by atoms with Crippen molar-refractivity contribution in [3.63, 3.8) is 0 Å². The predicted molar refractivity (Wildman–Crippen MR) is 71.5 cm³/mol. The number of carboxylic acid groups (broad SMARTS) is 1. The molecule has 0 aliphatic heterocycles. The van der Waals surface area contributed by atoms with Crippen LogP contribution in [0, 0.1) is 0 Å². The Bertz CT molecular complexity index is 272. The highest BCUT2D eigenvalue weighted by Crippen LogP contribution is 2.01. The largest absolute Gasteiger partial charge is 0.481 e. The Kier molecular flexibility index (Phi) is 7.59. The molecule has 1 amide bonds. The Morgan fingerprint density at radius 1 is 1.17 bits per heavy atom. The number of aliphatic carboxylic acids is 1. The summed E-state index contributed by atoms with van der Waals surface area (Å²) in [5.41, 5.74) is -0.214. The minimum atomic E-state index is -0.749.